The Morgan fingerprint density at radius 3 is 2.26 bits per heavy atom. The number of amides is 3. The van der Waals surface area contributed by atoms with Crippen LogP contribution in [0.2, 0.25) is 0 Å². The molecule has 1 rings (SSSR count). The molecule has 0 aliphatic rings. The van der Waals surface area contributed by atoms with Crippen molar-refractivity contribution in [2.45, 2.75) is 79.0 Å². The molecular formula is C26H41N3O6. The Balaban J connectivity index is 3.21. The Morgan fingerprint density at radius 1 is 1.09 bits per heavy atom. The summed E-state index contributed by atoms with van der Waals surface area (Å²) in [7, 11) is 1.54. The fourth-order valence-corrected chi connectivity index (χ4v) is 3.50. The molecule has 1 aromatic carbocycles. The topological polar surface area (TPSA) is 114 Å². The van der Waals surface area contributed by atoms with Gasteiger partial charge in [0.2, 0.25) is 11.8 Å². The number of likely N-dealkylation sites (N-methyl/N-ethyl adjacent to an activating group) is 1. The van der Waals surface area contributed by atoms with Gasteiger partial charge in [-0.3, -0.25) is 14.4 Å². The first-order valence-corrected chi connectivity index (χ1v) is 12.1. The third kappa shape index (κ3) is 9.58. The van der Waals surface area contributed by atoms with Crippen LogP contribution in [0.1, 0.15) is 71.6 Å². The molecule has 35 heavy (non-hydrogen) atoms. The number of aryl methyl sites for hydroxylation is 1. The molecule has 9 nitrogen and oxygen atoms in total. The van der Waals surface area contributed by atoms with E-state index < -0.39 is 41.6 Å². The molecule has 0 aromatic heterocycles. The Hall–Kier alpha value is -3.10. The fourth-order valence-electron chi connectivity index (χ4n) is 3.50. The van der Waals surface area contributed by atoms with Crippen molar-refractivity contribution in [3.8, 4) is 0 Å². The van der Waals surface area contributed by atoms with E-state index in [4.69, 9.17) is 9.47 Å². The molecule has 0 saturated carbocycles. The number of nitrogens with zero attached hydrogens (tertiary/aromatic N) is 1. The van der Waals surface area contributed by atoms with E-state index in [9.17, 15) is 19.2 Å². The number of hydrogen-bond acceptors (Lipinski definition) is 6. The smallest absolute Gasteiger partial charge is 0.408 e. The minimum atomic E-state index is -0.960. The number of benzene rings is 1. The lowest BCUT2D eigenvalue weighted by molar-refractivity contribution is -0.144. The molecule has 3 unspecified atom stereocenters. The van der Waals surface area contributed by atoms with E-state index in [0.29, 0.717) is 12.0 Å². The van der Waals surface area contributed by atoms with Crippen LogP contribution in [0.3, 0.4) is 0 Å². The molecular weight excluding hydrogens is 450 g/mol. The van der Waals surface area contributed by atoms with Gasteiger partial charge in [0.1, 0.15) is 17.7 Å². The van der Waals surface area contributed by atoms with E-state index in [-0.39, 0.29) is 25.5 Å². The van der Waals surface area contributed by atoms with Crippen LogP contribution >= 0.6 is 0 Å². The average Bonchev–Trinajstić information content (AvgIpc) is 2.76. The zero-order chi connectivity index (χ0) is 26.8. The summed E-state index contributed by atoms with van der Waals surface area (Å²) >= 11 is 0. The van der Waals surface area contributed by atoms with Gasteiger partial charge in [-0.2, -0.15) is 0 Å². The highest BCUT2D eigenvalue weighted by atomic mass is 16.6. The van der Waals surface area contributed by atoms with Crippen LogP contribution in [0, 0.1) is 12.8 Å². The van der Waals surface area contributed by atoms with E-state index in [1.165, 1.54) is 11.9 Å². The maximum atomic E-state index is 13.6. The second kappa shape index (κ2) is 13.7. The Kier molecular flexibility index (Phi) is 11.7. The van der Waals surface area contributed by atoms with Gasteiger partial charge < -0.3 is 25.0 Å². The van der Waals surface area contributed by atoms with Crippen molar-refractivity contribution >= 4 is 23.9 Å². The maximum absolute atomic E-state index is 13.6. The Bertz CT molecular complexity index is 880. The summed E-state index contributed by atoms with van der Waals surface area (Å²) in [4.78, 5) is 52.4. The molecule has 196 valence electrons. The third-order valence-electron chi connectivity index (χ3n) is 5.55. The van der Waals surface area contributed by atoms with Gasteiger partial charge in [-0.1, -0.05) is 44.5 Å². The maximum Gasteiger partial charge on any atom is 0.408 e. The van der Waals surface area contributed by atoms with Crippen LogP contribution in [-0.2, 0) is 23.9 Å². The molecule has 0 radical (unpaired) electrons. The highest BCUT2D eigenvalue weighted by Crippen LogP contribution is 2.25. The van der Waals surface area contributed by atoms with Gasteiger partial charge in [0.05, 0.1) is 13.0 Å². The minimum absolute atomic E-state index is 0.0213. The quantitative estimate of drug-likeness (QED) is 0.458. The van der Waals surface area contributed by atoms with E-state index in [1.807, 2.05) is 32.9 Å². The van der Waals surface area contributed by atoms with Gasteiger partial charge in [0.25, 0.3) is 0 Å². The van der Waals surface area contributed by atoms with Crippen LogP contribution in [0.25, 0.3) is 0 Å². The summed E-state index contributed by atoms with van der Waals surface area (Å²) in [5, 5.41) is 5.43. The molecule has 3 atom stereocenters. The summed E-state index contributed by atoms with van der Waals surface area (Å²) in [6.07, 6.45) is -0.0512. The van der Waals surface area contributed by atoms with Gasteiger partial charge in [0, 0.05) is 13.6 Å². The highest BCUT2D eigenvalue weighted by molar-refractivity contribution is 5.92. The van der Waals surface area contributed by atoms with Gasteiger partial charge in [-0.15, -0.1) is 0 Å². The first-order chi connectivity index (χ1) is 16.3. The summed E-state index contributed by atoms with van der Waals surface area (Å²) < 4.78 is 10.3. The highest BCUT2D eigenvalue weighted by Gasteiger charge is 2.36. The summed E-state index contributed by atoms with van der Waals surface area (Å²) in [5.41, 5.74) is 0.761. The normalized spacial score (nSPS) is 13.7. The van der Waals surface area contributed by atoms with Crippen molar-refractivity contribution in [1.29, 1.82) is 0 Å². The van der Waals surface area contributed by atoms with Crippen LogP contribution in [0.4, 0.5) is 4.79 Å². The number of carbonyl (C=O) groups excluding carboxylic acids is 4. The average molecular weight is 492 g/mol. The number of alkyl carbamates (subject to hydrolysis) is 1. The van der Waals surface area contributed by atoms with E-state index in [1.54, 1.807) is 39.8 Å². The molecule has 0 aliphatic carbocycles. The molecule has 9 heteroatoms. The Morgan fingerprint density at radius 2 is 1.71 bits per heavy atom. The van der Waals surface area contributed by atoms with Crippen LogP contribution < -0.4 is 10.6 Å². The molecule has 1 aromatic rings. The van der Waals surface area contributed by atoms with Crippen LogP contribution in [-0.4, -0.2) is 60.6 Å². The van der Waals surface area contributed by atoms with E-state index >= 15 is 0 Å². The SMILES string of the molecule is CCOC(=O)CCNC(=O)C(c1ccccc1C)N(C)C(=O)C(NC(=O)OC(C)(C)C)C(C)CC. The zero-order valence-corrected chi connectivity index (χ0v) is 22.3. The lowest BCUT2D eigenvalue weighted by atomic mass is 9.95. The van der Waals surface area contributed by atoms with E-state index in [2.05, 4.69) is 10.6 Å². The van der Waals surface area contributed by atoms with Crippen molar-refractivity contribution in [3.63, 3.8) is 0 Å². The fraction of sp³-hybridized carbons (Fsp3) is 0.615. The van der Waals surface area contributed by atoms with Crippen molar-refractivity contribution < 1.29 is 28.7 Å². The molecule has 3 amide bonds. The number of ether oxygens (including phenoxy) is 2. The standard InChI is InChI=1S/C26H41N3O6/c1-9-17(3)21(28-25(33)35-26(5,6)7)24(32)29(8)22(19-14-12-11-13-18(19)4)23(31)27-16-15-20(30)34-10-2/h11-14,17,21-22H,9-10,15-16H2,1-8H3,(H,27,31)(H,28,33). The molecule has 2 N–H and O–H groups in total. The molecule has 0 heterocycles. The third-order valence-corrected chi connectivity index (χ3v) is 5.55. The zero-order valence-electron chi connectivity index (χ0n) is 22.3. The van der Waals surface area contributed by atoms with Gasteiger partial charge in [-0.05, 0) is 51.7 Å². The summed E-state index contributed by atoms with van der Waals surface area (Å²) in [5.74, 6) is -1.47. The second-order valence-electron chi connectivity index (χ2n) is 9.56. The predicted octanol–water partition coefficient (Wildman–Crippen LogP) is 3.50. The molecule has 0 fully saturated rings. The number of rotatable bonds is 11. The largest absolute Gasteiger partial charge is 0.466 e. The van der Waals surface area contributed by atoms with E-state index in [0.717, 1.165) is 5.56 Å². The van der Waals surface area contributed by atoms with Crippen molar-refractivity contribution in [2.75, 3.05) is 20.2 Å². The predicted molar refractivity (Wildman–Crippen MR) is 134 cm³/mol. The van der Waals surface area contributed by atoms with Gasteiger partial charge >= 0.3 is 12.1 Å². The van der Waals surface area contributed by atoms with Gasteiger partial charge in [0.15, 0.2) is 0 Å². The molecule has 0 aliphatic heterocycles. The lowest BCUT2D eigenvalue weighted by Crippen LogP contribution is -2.54. The first kappa shape index (κ1) is 29.9. The number of nitrogens with one attached hydrogen (secondary N) is 2. The van der Waals surface area contributed by atoms with Crippen LogP contribution in [0.5, 0.6) is 0 Å². The number of carbonyl (C=O) groups is 4. The van der Waals surface area contributed by atoms with Crippen molar-refractivity contribution in [3.05, 3.63) is 35.4 Å². The van der Waals surface area contributed by atoms with Crippen molar-refractivity contribution in [1.82, 2.24) is 15.5 Å². The van der Waals surface area contributed by atoms with Gasteiger partial charge in [-0.25, -0.2) is 4.79 Å². The monoisotopic (exact) mass is 491 g/mol. The number of esters is 1. The van der Waals surface area contributed by atoms with Crippen LogP contribution in [0.15, 0.2) is 24.3 Å². The minimum Gasteiger partial charge on any atom is -0.466 e. The summed E-state index contributed by atoms with van der Waals surface area (Å²) in [6.45, 7) is 12.9. The number of hydrogen-bond donors (Lipinski definition) is 2. The van der Waals surface area contributed by atoms with Crippen molar-refractivity contribution in [2.24, 2.45) is 5.92 Å². The molecule has 0 saturated heterocycles. The lowest BCUT2D eigenvalue weighted by Gasteiger charge is -2.34. The summed E-state index contributed by atoms with van der Waals surface area (Å²) in [6, 6.07) is 5.44. The second-order valence-corrected chi connectivity index (χ2v) is 9.56. The Labute approximate surface area is 208 Å². The molecule has 0 spiro atoms. The first-order valence-electron chi connectivity index (χ1n) is 12.1. The molecule has 0 bridgehead atoms.